The normalized spacial score (nSPS) is 11.5. The molecule has 150 valence electrons. The fourth-order valence-electron chi connectivity index (χ4n) is 2.27. The second-order valence-corrected chi connectivity index (χ2v) is 6.80. The number of anilines is 2. The van der Waals surface area contributed by atoms with Crippen LogP contribution in [0.1, 0.15) is 37.6 Å². The number of carbonyl (C=O) groups excluding carboxylic acids is 2. The van der Waals surface area contributed by atoms with Gasteiger partial charge in [0.1, 0.15) is 17.1 Å². The van der Waals surface area contributed by atoms with Gasteiger partial charge in [-0.3, -0.25) is 4.79 Å². The highest BCUT2D eigenvalue weighted by molar-refractivity contribution is 8.00. The van der Waals surface area contributed by atoms with Crippen LogP contribution in [-0.2, 0) is 9.53 Å². The third kappa shape index (κ3) is 5.85. The number of amides is 1. The Morgan fingerprint density at radius 3 is 2.46 bits per heavy atom. The summed E-state index contributed by atoms with van der Waals surface area (Å²) in [4.78, 5) is 32.6. The summed E-state index contributed by atoms with van der Waals surface area (Å²) in [6.07, 6.45) is 1.89. The molecule has 0 saturated carbocycles. The van der Waals surface area contributed by atoms with E-state index < -0.39 is 11.2 Å². The van der Waals surface area contributed by atoms with Crippen molar-refractivity contribution in [3.63, 3.8) is 0 Å². The lowest BCUT2D eigenvalue weighted by molar-refractivity contribution is -0.115. The van der Waals surface area contributed by atoms with Crippen LogP contribution in [0.3, 0.4) is 0 Å². The van der Waals surface area contributed by atoms with Gasteiger partial charge in [-0.15, -0.1) is 0 Å². The van der Waals surface area contributed by atoms with Crippen LogP contribution in [-0.4, -0.2) is 40.3 Å². The lowest BCUT2D eigenvalue weighted by Gasteiger charge is -2.14. The molecule has 2 aromatic rings. The first-order valence-electron chi connectivity index (χ1n) is 8.98. The van der Waals surface area contributed by atoms with Crippen molar-refractivity contribution in [3.8, 4) is 5.75 Å². The van der Waals surface area contributed by atoms with Crippen molar-refractivity contribution in [2.75, 3.05) is 24.3 Å². The minimum absolute atomic E-state index is 0.0257. The molecule has 0 aliphatic rings. The second-order valence-electron chi connectivity index (χ2n) is 5.63. The van der Waals surface area contributed by atoms with Gasteiger partial charge in [0.2, 0.25) is 5.91 Å². The van der Waals surface area contributed by atoms with Crippen LogP contribution in [0.15, 0.2) is 35.6 Å². The summed E-state index contributed by atoms with van der Waals surface area (Å²) in [7, 11) is 0. The average molecular weight is 404 g/mol. The van der Waals surface area contributed by atoms with Gasteiger partial charge in [0.25, 0.3) is 0 Å². The van der Waals surface area contributed by atoms with Crippen molar-refractivity contribution in [1.29, 1.82) is 0 Å². The Labute approximate surface area is 168 Å². The van der Waals surface area contributed by atoms with Gasteiger partial charge in [0.05, 0.1) is 18.5 Å². The van der Waals surface area contributed by atoms with Crippen molar-refractivity contribution in [1.82, 2.24) is 9.97 Å². The Kier molecular flexibility index (Phi) is 8.06. The minimum atomic E-state index is -0.572. The maximum absolute atomic E-state index is 12.6. The molecular formula is C19H24N4O4S. The van der Waals surface area contributed by atoms with Crippen LogP contribution >= 0.6 is 11.8 Å². The molecule has 9 heteroatoms. The minimum Gasteiger partial charge on any atom is -0.494 e. The Morgan fingerprint density at radius 1 is 1.18 bits per heavy atom. The van der Waals surface area contributed by atoms with Crippen molar-refractivity contribution in [2.24, 2.45) is 0 Å². The lowest BCUT2D eigenvalue weighted by atomic mass is 10.2. The Morgan fingerprint density at radius 2 is 1.89 bits per heavy atom. The third-order valence-corrected chi connectivity index (χ3v) is 4.87. The highest BCUT2D eigenvalue weighted by Crippen LogP contribution is 2.25. The first-order valence-corrected chi connectivity index (χ1v) is 9.86. The van der Waals surface area contributed by atoms with Gasteiger partial charge in [0.15, 0.2) is 5.16 Å². The zero-order valence-corrected chi connectivity index (χ0v) is 16.9. The maximum Gasteiger partial charge on any atom is 0.343 e. The van der Waals surface area contributed by atoms with Crippen molar-refractivity contribution in [3.05, 3.63) is 36.0 Å². The smallest absolute Gasteiger partial charge is 0.343 e. The van der Waals surface area contributed by atoms with Crippen molar-refractivity contribution in [2.45, 2.75) is 37.6 Å². The van der Waals surface area contributed by atoms with E-state index >= 15 is 0 Å². The van der Waals surface area contributed by atoms with E-state index in [4.69, 9.17) is 15.2 Å². The highest BCUT2D eigenvalue weighted by Gasteiger charge is 2.21. The SMILES string of the molecule is CCOC(=O)c1cnc(SC(CC)C(=O)Nc2ccc(OCC)cc2)nc1N. The van der Waals surface area contributed by atoms with Crippen LogP contribution in [0.2, 0.25) is 0 Å². The van der Waals surface area contributed by atoms with Crippen LogP contribution in [0.25, 0.3) is 0 Å². The first-order chi connectivity index (χ1) is 13.5. The summed E-state index contributed by atoms with van der Waals surface area (Å²) >= 11 is 1.18. The molecular weight excluding hydrogens is 380 g/mol. The second kappa shape index (κ2) is 10.5. The number of rotatable bonds is 9. The fraction of sp³-hybridized carbons (Fsp3) is 0.368. The van der Waals surface area contributed by atoms with Gasteiger partial charge in [-0.2, -0.15) is 0 Å². The highest BCUT2D eigenvalue weighted by atomic mass is 32.2. The standard InChI is InChI=1S/C19H24N4O4S/c1-4-15(17(24)22-12-7-9-13(10-8-12)26-5-2)28-19-21-11-14(16(20)23-19)18(25)27-6-3/h7-11,15H,4-6H2,1-3H3,(H,22,24)(H2,20,21,23). The number of thioether (sulfide) groups is 1. The van der Waals surface area contributed by atoms with E-state index in [0.717, 1.165) is 5.75 Å². The predicted molar refractivity (Wildman–Crippen MR) is 109 cm³/mol. The summed E-state index contributed by atoms with van der Waals surface area (Å²) < 4.78 is 10.3. The molecule has 1 aromatic carbocycles. The number of esters is 1. The lowest BCUT2D eigenvalue weighted by Crippen LogP contribution is -2.25. The predicted octanol–water partition coefficient (Wildman–Crippen LogP) is 3.14. The molecule has 0 aliphatic heterocycles. The number of ether oxygens (including phenoxy) is 2. The van der Waals surface area contributed by atoms with E-state index in [2.05, 4.69) is 15.3 Å². The van der Waals surface area contributed by atoms with E-state index in [-0.39, 0.29) is 23.9 Å². The van der Waals surface area contributed by atoms with Crippen LogP contribution in [0, 0.1) is 0 Å². The molecule has 0 fully saturated rings. The van der Waals surface area contributed by atoms with Crippen molar-refractivity contribution < 1.29 is 19.1 Å². The monoisotopic (exact) mass is 404 g/mol. The molecule has 2 rings (SSSR count). The zero-order valence-electron chi connectivity index (χ0n) is 16.1. The number of carbonyl (C=O) groups is 2. The molecule has 0 bridgehead atoms. The third-order valence-electron chi connectivity index (χ3n) is 3.64. The van der Waals surface area contributed by atoms with Crippen molar-refractivity contribution >= 4 is 35.1 Å². The van der Waals surface area contributed by atoms with E-state index in [1.807, 2.05) is 13.8 Å². The Hall–Kier alpha value is -2.81. The topological polar surface area (TPSA) is 116 Å². The quantitative estimate of drug-likeness (QED) is 0.372. The van der Waals surface area contributed by atoms with E-state index in [0.29, 0.717) is 23.9 Å². The summed E-state index contributed by atoms with van der Waals surface area (Å²) in [6.45, 7) is 6.32. The number of hydrogen-bond acceptors (Lipinski definition) is 8. The van der Waals surface area contributed by atoms with Gasteiger partial charge in [-0.1, -0.05) is 18.7 Å². The largest absolute Gasteiger partial charge is 0.494 e. The van der Waals surface area contributed by atoms with Crippen LogP contribution < -0.4 is 15.8 Å². The number of nitrogens with two attached hydrogens (primary N) is 1. The van der Waals surface area contributed by atoms with Gasteiger partial charge in [-0.25, -0.2) is 14.8 Å². The molecule has 0 radical (unpaired) electrons. The van der Waals surface area contributed by atoms with E-state index in [1.54, 1.807) is 31.2 Å². The molecule has 1 aromatic heterocycles. The Bertz CT molecular complexity index is 814. The molecule has 8 nitrogen and oxygen atoms in total. The van der Waals surface area contributed by atoms with Crippen LogP contribution in [0.5, 0.6) is 5.75 Å². The van der Waals surface area contributed by atoms with E-state index in [1.165, 1.54) is 18.0 Å². The molecule has 1 heterocycles. The maximum atomic E-state index is 12.6. The van der Waals surface area contributed by atoms with Gasteiger partial charge < -0.3 is 20.5 Å². The summed E-state index contributed by atoms with van der Waals surface area (Å²) in [5.74, 6) is 0.0235. The molecule has 0 saturated heterocycles. The number of nitrogens with zero attached hydrogens (tertiary/aromatic N) is 2. The number of benzene rings is 1. The van der Waals surface area contributed by atoms with E-state index in [9.17, 15) is 9.59 Å². The fourth-order valence-corrected chi connectivity index (χ4v) is 3.13. The first kappa shape index (κ1) is 21.5. The number of hydrogen-bond donors (Lipinski definition) is 2. The molecule has 0 aliphatic carbocycles. The average Bonchev–Trinajstić information content (AvgIpc) is 2.68. The molecule has 1 amide bonds. The summed E-state index contributed by atoms with van der Waals surface area (Å²) in [5.41, 5.74) is 6.61. The summed E-state index contributed by atoms with van der Waals surface area (Å²) in [5, 5.41) is 2.77. The number of aromatic nitrogens is 2. The molecule has 1 atom stereocenters. The molecule has 28 heavy (non-hydrogen) atoms. The van der Waals surface area contributed by atoms with Gasteiger partial charge in [0, 0.05) is 11.9 Å². The number of nitrogen functional groups attached to an aromatic ring is 1. The van der Waals surface area contributed by atoms with Crippen LogP contribution in [0.4, 0.5) is 11.5 Å². The molecule has 1 unspecified atom stereocenters. The van der Waals surface area contributed by atoms with Gasteiger partial charge in [-0.05, 0) is 44.5 Å². The summed E-state index contributed by atoms with van der Waals surface area (Å²) in [6, 6.07) is 7.15. The number of nitrogens with one attached hydrogen (secondary N) is 1. The molecule has 3 N–H and O–H groups in total. The van der Waals surface area contributed by atoms with Gasteiger partial charge >= 0.3 is 5.97 Å². The Balaban J connectivity index is 2.03. The molecule has 0 spiro atoms. The zero-order chi connectivity index (χ0) is 20.5.